The Balaban J connectivity index is 2.06. The fourth-order valence-corrected chi connectivity index (χ4v) is 1.90. The molecule has 0 saturated heterocycles. The van der Waals surface area contributed by atoms with E-state index in [4.69, 9.17) is 9.84 Å². The van der Waals surface area contributed by atoms with Gasteiger partial charge in [0.2, 0.25) is 0 Å². The summed E-state index contributed by atoms with van der Waals surface area (Å²) in [7, 11) is 1.72. The summed E-state index contributed by atoms with van der Waals surface area (Å²) in [6.45, 7) is 0.325. The molecule has 1 aromatic rings. The molecule has 0 aliphatic carbocycles. The highest BCUT2D eigenvalue weighted by Crippen LogP contribution is 2.23. The summed E-state index contributed by atoms with van der Waals surface area (Å²) in [6.07, 6.45) is 1.41. The van der Waals surface area contributed by atoms with Crippen LogP contribution in [-0.2, 0) is 16.0 Å². The van der Waals surface area contributed by atoms with Gasteiger partial charge in [0, 0.05) is 13.5 Å². The number of carbonyl (C=O) groups is 1. The van der Waals surface area contributed by atoms with E-state index < -0.39 is 5.97 Å². The molecule has 1 aliphatic rings. The second kappa shape index (κ2) is 4.91. The molecular formula is C13H15NO3. The SMILES string of the molecule is CN1COC(CCc2ccccc2)=C1C(=O)O. The van der Waals surface area contributed by atoms with Crippen LogP contribution >= 0.6 is 0 Å². The molecule has 4 heteroatoms. The van der Waals surface area contributed by atoms with Crippen molar-refractivity contribution in [1.82, 2.24) is 4.90 Å². The van der Waals surface area contributed by atoms with Gasteiger partial charge >= 0.3 is 5.97 Å². The van der Waals surface area contributed by atoms with Gasteiger partial charge in [-0.2, -0.15) is 0 Å². The van der Waals surface area contributed by atoms with Crippen LogP contribution in [0.15, 0.2) is 41.8 Å². The maximum absolute atomic E-state index is 11.1. The molecule has 1 aliphatic heterocycles. The maximum Gasteiger partial charge on any atom is 0.355 e. The molecule has 2 rings (SSSR count). The molecule has 1 heterocycles. The smallest absolute Gasteiger partial charge is 0.355 e. The molecule has 0 amide bonds. The number of hydrogen-bond donors (Lipinski definition) is 1. The van der Waals surface area contributed by atoms with E-state index in [1.807, 2.05) is 30.3 Å². The number of aryl methyl sites for hydroxylation is 1. The summed E-state index contributed by atoms with van der Waals surface area (Å²) < 4.78 is 5.39. The Kier molecular flexibility index (Phi) is 3.32. The quantitative estimate of drug-likeness (QED) is 0.862. The Hall–Kier alpha value is -1.97. The fraction of sp³-hybridized carbons (Fsp3) is 0.308. The average molecular weight is 233 g/mol. The zero-order chi connectivity index (χ0) is 12.3. The van der Waals surface area contributed by atoms with E-state index in [0.29, 0.717) is 18.9 Å². The highest BCUT2D eigenvalue weighted by Gasteiger charge is 2.26. The molecule has 0 fully saturated rings. The molecule has 0 unspecified atom stereocenters. The number of carboxylic acids is 1. The van der Waals surface area contributed by atoms with Gasteiger partial charge in [-0.05, 0) is 12.0 Å². The van der Waals surface area contributed by atoms with Crippen LogP contribution < -0.4 is 0 Å². The van der Waals surface area contributed by atoms with E-state index in [9.17, 15) is 4.79 Å². The molecule has 0 aromatic heterocycles. The first-order valence-corrected chi connectivity index (χ1v) is 5.53. The van der Waals surface area contributed by atoms with Crippen molar-refractivity contribution < 1.29 is 14.6 Å². The van der Waals surface area contributed by atoms with Crippen LogP contribution in [0.25, 0.3) is 0 Å². The monoisotopic (exact) mass is 233 g/mol. The van der Waals surface area contributed by atoms with Crippen molar-refractivity contribution in [2.75, 3.05) is 13.8 Å². The summed E-state index contributed by atoms with van der Waals surface area (Å²) in [5, 5.41) is 9.07. The lowest BCUT2D eigenvalue weighted by atomic mass is 10.1. The van der Waals surface area contributed by atoms with Crippen molar-refractivity contribution in [1.29, 1.82) is 0 Å². The standard InChI is InChI=1S/C13H15NO3/c1-14-9-17-11(12(14)13(15)16)8-7-10-5-3-2-4-6-10/h2-6H,7-9H2,1H3,(H,15,16). The first-order chi connectivity index (χ1) is 8.18. The molecule has 0 bridgehead atoms. The van der Waals surface area contributed by atoms with Crippen molar-refractivity contribution in [3.63, 3.8) is 0 Å². The van der Waals surface area contributed by atoms with Crippen molar-refractivity contribution in [2.45, 2.75) is 12.8 Å². The van der Waals surface area contributed by atoms with Crippen molar-refractivity contribution in [3.8, 4) is 0 Å². The second-order valence-electron chi connectivity index (χ2n) is 4.03. The van der Waals surface area contributed by atoms with Crippen LogP contribution in [0, 0.1) is 0 Å². The minimum absolute atomic E-state index is 0.279. The third kappa shape index (κ3) is 2.58. The van der Waals surface area contributed by atoms with Gasteiger partial charge < -0.3 is 14.7 Å². The van der Waals surface area contributed by atoms with Gasteiger partial charge in [0.05, 0.1) is 0 Å². The predicted octanol–water partition coefficient (Wildman–Crippen LogP) is 1.83. The van der Waals surface area contributed by atoms with E-state index >= 15 is 0 Å². The van der Waals surface area contributed by atoms with E-state index in [2.05, 4.69) is 0 Å². The van der Waals surface area contributed by atoms with Gasteiger partial charge in [-0.3, -0.25) is 0 Å². The molecule has 4 nitrogen and oxygen atoms in total. The highest BCUT2D eigenvalue weighted by molar-refractivity contribution is 5.86. The third-order valence-corrected chi connectivity index (χ3v) is 2.76. The van der Waals surface area contributed by atoms with Crippen LogP contribution in [0.2, 0.25) is 0 Å². The lowest BCUT2D eigenvalue weighted by molar-refractivity contribution is -0.134. The first kappa shape index (κ1) is 11.5. The largest absolute Gasteiger partial charge is 0.476 e. The third-order valence-electron chi connectivity index (χ3n) is 2.76. The number of rotatable bonds is 4. The Bertz CT molecular complexity index is 439. The second-order valence-corrected chi connectivity index (χ2v) is 4.03. The first-order valence-electron chi connectivity index (χ1n) is 5.53. The van der Waals surface area contributed by atoms with Crippen molar-refractivity contribution >= 4 is 5.97 Å². The van der Waals surface area contributed by atoms with Gasteiger partial charge in [-0.15, -0.1) is 0 Å². The van der Waals surface area contributed by atoms with Gasteiger partial charge in [0.25, 0.3) is 0 Å². The molecule has 1 aromatic carbocycles. The van der Waals surface area contributed by atoms with Crippen molar-refractivity contribution in [2.24, 2.45) is 0 Å². The summed E-state index contributed by atoms with van der Waals surface area (Å²) in [5.41, 5.74) is 1.46. The van der Waals surface area contributed by atoms with E-state index in [1.54, 1.807) is 11.9 Å². The minimum atomic E-state index is -0.923. The number of aliphatic carboxylic acids is 1. The lowest BCUT2D eigenvalue weighted by Gasteiger charge is -2.08. The Morgan fingerprint density at radius 2 is 2.06 bits per heavy atom. The fourth-order valence-electron chi connectivity index (χ4n) is 1.90. The summed E-state index contributed by atoms with van der Waals surface area (Å²) in [4.78, 5) is 12.7. The predicted molar refractivity (Wildman–Crippen MR) is 63.1 cm³/mol. The van der Waals surface area contributed by atoms with Crippen LogP contribution in [-0.4, -0.2) is 29.8 Å². The molecule has 17 heavy (non-hydrogen) atoms. The molecule has 0 spiro atoms. The zero-order valence-electron chi connectivity index (χ0n) is 9.72. The number of ether oxygens (including phenoxy) is 1. The van der Waals surface area contributed by atoms with Crippen LogP contribution in [0.3, 0.4) is 0 Å². The lowest BCUT2D eigenvalue weighted by Crippen LogP contribution is -2.19. The minimum Gasteiger partial charge on any atom is -0.476 e. The number of allylic oxidation sites excluding steroid dienone is 1. The normalized spacial score (nSPS) is 15.0. The summed E-state index contributed by atoms with van der Waals surface area (Å²) in [6, 6.07) is 9.97. The van der Waals surface area contributed by atoms with Gasteiger partial charge in [-0.25, -0.2) is 4.79 Å². The Morgan fingerprint density at radius 1 is 1.35 bits per heavy atom. The Morgan fingerprint density at radius 3 is 2.71 bits per heavy atom. The molecule has 0 atom stereocenters. The Labute approximate surface area is 100 Å². The van der Waals surface area contributed by atoms with Gasteiger partial charge in [-0.1, -0.05) is 30.3 Å². The summed E-state index contributed by atoms with van der Waals surface area (Å²) in [5.74, 6) is -0.350. The number of benzene rings is 1. The highest BCUT2D eigenvalue weighted by atomic mass is 16.5. The molecule has 0 radical (unpaired) electrons. The molecular weight excluding hydrogens is 218 g/mol. The number of carboxylic acid groups (broad SMARTS) is 1. The van der Waals surface area contributed by atoms with E-state index in [1.165, 1.54) is 5.56 Å². The van der Waals surface area contributed by atoms with Crippen molar-refractivity contribution in [3.05, 3.63) is 47.4 Å². The molecule has 0 saturated carbocycles. The zero-order valence-corrected chi connectivity index (χ0v) is 9.72. The topological polar surface area (TPSA) is 49.8 Å². The van der Waals surface area contributed by atoms with E-state index in [0.717, 1.165) is 6.42 Å². The van der Waals surface area contributed by atoms with E-state index in [-0.39, 0.29) is 5.70 Å². The van der Waals surface area contributed by atoms with Gasteiger partial charge in [0.15, 0.2) is 12.4 Å². The number of likely N-dealkylation sites (N-methyl/N-ethyl adjacent to an activating group) is 1. The van der Waals surface area contributed by atoms with Gasteiger partial charge in [0.1, 0.15) is 5.76 Å². The average Bonchev–Trinajstić information content (AvgIpc) is 2.69. The molecule has 1 N–H and O–H groups in total. The number of hydrogen-bond acceptors (Lipinski definition) is 3. The van der Waals surface area contributed by atoms with Crippen LogP contribution in [0.5, 0.6) is 0 Å². The summed E-state index contributed by atoms with van der Waals surface area (Å²) >= 11 is 0. The molecule has 90 valence electrons. The van der Waals surface area contributed by atoms with Crippen LogP contribution in [0.4, 0.5) is 0 Å². The van der Waals surface area contributed by atoms with Crippen LogP contribution in [0.1, 0.15) is 12.0 Å². The number of nitrogens with zero attached hydrogens (tertiary/aromatic N) is 1. The maximum atomic E-state index is 11.1.